The molecule has 1 amide bonds. The number of rotatable bonds is 1. The van der Waals surface area contributed by atoms with Gasteiger partial charge in [-0.25, -0.2) is 0 Å². The molecule has 2 rings (SSSR count). The standard InChI is InChI=1S/C12H13NO2/c1-13-12(15)9-6-8-4-2-3-5-10(8)11(14)7-9/h2-5,9H,6-7H2,1H3,(H,13,15). The summed E-state index contributed by atoms with van der Waals surface area (Å²) in [4.78, 5) is 23.2. The molecule has 0 saturated carbocycles. The zero-order valence-corrected chi connectivity index (χ0v) is 8.62. The van der Waals surface area contributed by atoms with Crippen LogP contribution in [0.1, 0.15) is 22.3 Å². The maximum atomic E-state index is 11.7. The lowest BCUT2D eigenvalue weighted by molar-refractivity contribution is -0.124. The van der Waals surface area contributed by atoms with Gasteiger partial charge in [0.15, 0.2) is 5.78 Å². The van der Waals surface area contributed by atoms with E-state index in [1.807, 2.05) is 24.3 Å². The number of carbonyl (C=O) groups excluding carboxylic acids is 2. The molecule has 1 atom stereocenters. The van der Waals surface area contributed by atoms with Gasteiger partial charge in [0, 0.05) is 24.9 Å². The summed E-state index contributed by atoms with van der Waals surface area (Å²) in [7, 11) is 1.60. The third kappa shape index (κ3) is 1.77. The molecule has 0 aliphatic heterocycles. The fourth-order valence-corrected chi connectivity index (χ4v) is 2.03. The third-order valence-electron chi connectivity index (χ3n) is 2.83. The molecule has 15 heavy (non-hydrogen) atoms. The summed E-state index contributed by atoms with van der Waals surface area (Å²) in [6, 6.07) is 7.51. The maximum absolute atomic E-state index is 11.7. The van der Waals surface area contributed by atoms with Gasteiger partial charge in [0.1, 0.15) is 0 Å². The van der Waals surface area contributed by atoms with E-state index in [9.17, 15) is 9.59 Å². The molecule has 0 bridgehead atoms. The van der Waals surface area contributed by atoms with Crippen LogP contribution in [0.25, 0.3) is 0 Å². The number of ketones is 1. The highest BCUT2D eigenvalue weighted by Crippen LogP contribution is 2.25. The van der Waals surface area contributed by atoms with E-state index >= 15 is 0 Å². The second-order valence-electron chi connectivity index (χ2n) is 3.80. The predicted octanol–water partition coefficient (Wildman–Crippen LogP) is 1.18. The highest BCUT2D eigenvalue weighted by atomic mass is 16.2. The lowest BCUT2D eigenvalue weighted by atomic mass is 9.82. The molecule has 1 aromatic rings. The van der Waals surface area contributed by atoms with Crippen molar-refractivity contribution in [1.82, 2.24) is 5.32 Å². The summed E-state index contributed by atoms with van der Waals surface area (Å²) < 4.78 is 0. The molecule has 3 heteroatoms. The highest BCUT2D eigenvalue weighted by Gasteiger charge is 2.28. The Morgan fingerprint density at radius 3 is 2.80 bits per heavy atom. The Morgan fingerprint density at radius 2 is 2.07 bits per heavy atom. The molecule has 78 valence electrons. The molecule has 0 saturated heterocycles. The average molecular weight is 203 g/mol. The number of hydrogen-bond donors (Lipinski definition) is 1. The van der Waals surface area contributed by atoms with Gasteiger partial charge < -0.3 is 5.32 Å². The Kier molecular flexibility index (Phi) is 2.54. The van der Waals surface area contributed by atoms with Crippen LogP contribution >= 0.6 is 0 Å². The van der Waals surface area contributed by atoms with E-state index in [4.69, 9.17) is 0 Å². The summed E-state index contributed by atoms with van der Waals surface area (Å²) in [6.07, 6.45) is 0.998. The van der Waals surface area contributed by atoms with Crippen LogP contribution in [0, 0.1) is 5.92 Å². The van der Waals surface area contributed by atoms with E-state index in [0.717, 1.165) is 11.1 Å². The van der Waals surface area contributed by atoms with Crippen molar-refractivity contribution in [2.45, 2.75) is 12.8 Å². The molecule has 1 N–H and O–H groups in total. The normalized spacial score (nSPS) is 19.5. The van der Waals surface area contributed by atoms with Crippen LogP contribution < -0.4 is 5.32 Å². The first-order valence-electron chi connectivity index (χ1n) is 5.05. The van der Waals surface area contributed by atoms with Crippen molar-refractivity contribution < 1.29 is 9.59 Å². The summed E-state index contributed by atoms with van der Waals surface area (Å²) in [5.74, 6) is -0.166. The minimum absolute atomic E-state index is 0.0437. The number of hydrogen-bond acceptors (Lipinski definition) is 2. The summed E-state index contributed by atoms with van der Waals surface area (Å²) >= 11 is 0. The molecule has 0 heterocycles. The highest BCUT2D eigenvalue weighted by molar-refractivity contribution is 6.01. The fourth-order valence-electron chi connectivity index (χ4n) is 2.03. The summed E-state index contributed by atoms with van der Waals surface area (Å²) in [5.41, 5.74) is 1.76. The molecule has 0 spiro atoms. The number of amides is 1. The van der Waals surface area contributed by atoms with Crippen molar-refractivity contribution in [3.63, 3.8) is 0 Å². The second-order valence-corrected chi connectivity index (χ2v) is 3.80. The van der Waals surface area contributed by atoms with Crippen molar-refractivity contribution in [3.05, 3.63) is 35.4 Å². The molecule has 0 radical (unpaired) electrons. The first-order chi connectivity index (χ1) is 7.22. The van der Waals surface area contributed by atoms with E-state index in [2.05, 4.69) is 5.32 Å². The van der Waals surface area contributed by atoms with Gasteiger partial charge in [-0.3, -0.25) is 9.59 Å². The molecule has 1 aliphatic carbocycles. The zero-order valence-electron chi connectivity index (χ0n) is 8.62. The van der Waals surface area contributed by atoms with Gasteiger partial charge in [0.25, 0.3) is 0 Å². The maximum Gasteiger partial charge on any atom is 0.223 e. The first kappa shape index (κ1) is 9.90. The summed E-state index contributed by atoms with van der Waals surface area (Å²) in [5, 5.41) is 2.59. The van der Waals surface area contributed by atoms with Crippen LogP contribution in [0.5, 0.6) is 0 Å². The molecular formula is C12H13NO2. The minimum atomic E-state index is -0.197. The molecule has 0 fully saturated rings. The molecule has 1 unspecified atom stereocenters. The van der Waals surface area contributed by atoms with Gasteiger partial charge >= 0.3 is 0 Å². The number of carbonyl (C=O) groups is 2. The monoisotopic (exact) mass is 203 g/mol. The van der Waals surface area contributed by atoms with Gasteiger partial charge in [0.2, 0.25) is 5.91 Å². The van der Waals surface area contributed by atoms with Crippen molar-refractivity contribution in [2.75, 3.05) is 7.05 Å². The number of nitrogens with one attached hydrogen (secondary N) is 1. The third-order valence-corrected chi connectivity index (χ3v) is 2.83. The van der Waals surface area contributed by atoms with Gasteiger partial charge in [-0.2, -0.15) is 0 Å². The van der Waals surface area contributed by atoms with Gasteiger partial charge in [0.05, 0.1) is 0 Å². The average Bonchev–Trinajstić information content (AvgIpc) is 2.28. The van der Waals surface area contributed by atoms with Crippen LogP contribution in [0.4, 0.5) is 0 Å². The fraction of sp³-hybridized carbons (Fsp3) is 0.333. The zero-order chi connectivity index (χ0) is 10.8. The topological polar surface area (TPSA) is 46.2 Å². The SMILES string of the molecule is CNC(=O)C1CC(=O)c2ccccc2C1. The van der Waals surface area contributed by atoms with Gasteiger partial charge in [-0.15, -0.1) is 0 Å². The minimum Gasteiger partial charge on any atom is -0.359 e. The second kappa shape index (κ2) is 3.85. The molecule has 3 nitrogen and oxygen atoms in total. The van der Waals surface area contributed by atoms with E-state index in [1.54, 1.807) is 7.05 Å². The summed E-state index contributed by atoms with van der Waals surface area (Å²) in [6.45, 7) is 0. The number of Topliss-reactive ketones (excluding diaryl/α,β-unsaturated/α-hetero) is 1. The number of fused-ring (bicyclic) bond motifs is 1. The lowest BCUT2D eigenvalue weighted by Gasteiger charge is -2.21. The van der Waals surface area contributed by atoms with Crippen molar-refractivity contribution in [1.29, 1.82) is 0 Å². The molecule has 1 aliphatic rings. The smallest absolute Gasteiger partial charge is 0.223 e. The molecule has 0 aromatic heterocycles. The lowest BCUT2D eigenvalue weighted by Crippen LogP contribution is -2.33. The van der Waals surface area contributed by atoms with E-state index in [1.165, 1.54) is 0 Å². The van der Waals surface area contributed by atoms with E-state index in [0.29, 0.717) is 12.8 Å². The Labute approximate surface area is 88.5 Å². The Balaban J connectivity index is 2.30. The molecular weight excluding hydrogens is 190 g/mol. The van der Waals surface area contributed by atoms with E-state index < -0.39 is 0 Å². The predicted molar refractivity (Wildman–Crippen MR) is 56.7 cm³/mol. The van der Waals surface area contributed by atoms with Crippen LogP contribution in [0.15, 0.2) is 24.3 Å². The largest absolute Gasteiger partial charge is 0.359 e. The Bertz CT molecular complexity index is 412. The van der Waals surface area contributed by atoms with Crippen LogP contribution in [-0.4, -0.2) is 18.7 Å². The van der Waals surface area contributed by atoms with Crippen LogP contribution in [-0.2, 0) is 11.2 Å². The number of benzene rings is 1. The van der Waals surface area contributed by atoms with Gasteiger partial charge in [-0.1, -0.05) is 24.3 Å². The van der Waals surface area contributed by atoms with Crippen molar-refractivity contribution >= 4 is 11.7 Å². The van der Waals surface area contributed by atoms with Crippen LogP contribution in [0.2, 0.25) is 0 Å². The Hall–Kier alpha value is -1.64. The van der Waals surface area contributed by atoms with Crippen molar-refractivity contribution in [2.24, 2.45) is 5.92 Å². The first-order valence-corrected chi connectivity index (χ1v) is 5.05. The Morgan fingerprint density at radius 1 is 1.33 bits per heavy atom. The quantitative estimate of drug-likeness (QED) is 0.745. The van der Waals surface area contributed by atoms with Crippen LogP contribution in [0.3, 0.4) is 0 Å². The molecule has 1 aromatic carbocycles. The van der Waals surface area contributed by atoms with Crippen molar-refractivity contribution in [3.8, 4) is 0 Å². The van der Waals surface area contributed by atoms with E-state index in [-0.39, 0.29) is 17.6 Å². The van der Waals surface area contributed by atoms with Gasteiger partial charge in [-0.05, 0) is 12.0 Å².